The molecule has 94 valence electrons. The molecular weight excluding hydrogens is 224 g/mol. The number of nitrogens with zero attached hydrogens (tertiary/aromatic N) is 1. The van der Waals surface area contributed by atoms with Gasteiger partial charge >= 0.3 is 0 Å². The van der Waals surface area contributed by atoms with E-state index in [0.29, 0.717) is 17.5 Å². The van der Waals surface area contributed by atoms with Crippen molar-refractivity contribution in [2.24, 2.45) is 0 Å². The first-order valence-electron chi connectivity index (χ1n) is 6.05. The van der Waals surface area contributed by atoms with Crippen molar-refractivity contribution in [2.75, 3.05) is 31.2 Å². The third-order valence-electron chi connectivity index (χ3n) is 3.78. The van der Waals surface area contributed by atoms with Crippen molar-refractivity contribution in [1.29, 1.82) is 4.78 Å². The zero-order valence-corrected chi connectivity index (χ0v) is 11.0. The fourth-order valence-electron chi connectivity index (χ4n) is 2.55. The molecule has 0 unspecified atom stereocenters. The lowest BCUT2D eigenvalue weighted by Crippen LogP contribution is -2.56. The second-order valence-corrected chi connectivity index (χ2v) is 7.76. The van der Waals surface area contributed by atoms with Gasteiger partial charge in [-0.05, 0) is 26.7 Å². The molecule has 2 aliphatic rings. The Kier molecular flexibility index (Phi) is 3.29. The Morgan fingerprint density at radius 1 is 1.38 bits per heavy atom. The normalized spacial score (nSPS) is 41.7. The monoisotopic (exact) mass is 246 g/mol. The third-order valence-corrected chi connectivity index (χ3v) is 5.51. The van der Waals surface area contributed by atoms with Gasteiger partial charge in [-0.3, -0.25) is 9.68 Å². The van der Waals surface area contributed by atoms with Gasteiger partial charge in [-0.2, -0.15) is 0 Å². The maximum Gasteiger partial charge on any atom is 0.0827 e. The summed E-state index contributed by atoms with van der Waals surface area (Å²) in [7, 11) is -2.29. The molecule has 0 aliphatic carbocycles. The number of hydrogen-bond donors (Lipinski definition) is 1. The Balaban J connectivity index is 2.03. The summed E-state index contributed by atoms with van der Waals surface area (Å²) in [5.41, 5.74) is -0.107. The van der Waals surface area contributed by atoms with Crippen molar-refractivity contribution in [2.45, 2.75) is 38.3 Å². The minimum absolute atomic E-state index is 0.107. The maximum absolute atomic E-state index is 11.6. The Morgan fingerprint density at radius 3 is 2.56 bits per heavy atom. The first-order chi connectivity index (χ1) is 7.43. The van der Waals surface area contributed by atoms with Crippen molar-refractivity contribution >= 4 is 9.73 Å². The predicted molar refractivity (Wildman–Crippen MR) is 65.2 cm³/mol. The average Bonchev–Trinajstić information content (AvgIpc) is 2.24. The Labute approximate surface area is 98.3 Å². The predicted octanol–water partition coefficient (Wildman–Crippen LogP) is 1.31. The highest BCUT2D eigenvalue weighted by molar-refractivity contribution is 7.92. The summed E-state index contributed by atoms with van der Waals surface area (Å²) >= 11 is 0. The Bertz CT molecular complexity index is 337. The van der Waals surface area contributed by atoms with Crippen LogP contribution in [0.3, 0.4) is 0 Å². The van der Waals surface area contributed by atoms with Crippen LogP contribution in [-0.2, 0) is 14.5 Å². The molecule has 2 fully saturated rings. The van der Waals surface area contributed by atoms with E-state index in [1.165, 1.54) is 0 Å². The van der Waals surface area contributed by atoms with Crippen molar-refractivity contribution in [3.05, 3.63) is 0 Å². The van der Waals surface area contributed by atoms with Crippen LogP contribution in [0, 0.1) is 4.78 Å². The Hall–Kier alpha value is -0.130. The lowest BCUT2D eigenvalue weighted by molar-refractivity contribution is -0.120. The standard InChI is InChI=1S/C11H22N2O2S/c1-10(2)13-5-6-15-11(9-13)3-7-16(12,14)8-4-11/h10,12H,3-9H2,1-2H3. The number of ether oxygens (including phenoxy) is 1. The molecule has 4 nitrogen and oxygen atoms in total. The fraction of sp³-hybridized carbons (Fsp3) is 1.00. The van der Waals surface area contributed by atoms with Gasteiger partial charge in [0.1, 0.15) is 0 Å². The molecule has 2 rings (SSSR count). The van der Waals surface area contributed by atoms with Crippen LogP contribution in [-0.4, -0.2) is 52.0 Å². The van der Waals surface area contributed by atoms with Gasteiger partial charge in [0, 0.05) is 40.4 Å². The second-order valence-electron chi connectivity index (χ2n) is 5.32. The highest BCUT2D eigenvalue weighted by atomic mass is 32.2. The lowest BCUT2D eigenvalue weighted by Gasteiger charge is -2.46. The Morgan fingerprint density at radius 2 is 2.00 bits per heavy atom. The zero-order valence-electron chi connectivity index (χ0n) is 10.2. The highest BCUT2D eigenvalue weighted by Crippen LogP contribution is 2.31. The first-order valence-corrected chi connectivity index (χ1v) is 7.94. The van der Waals surface area contributed by atoms with Gasteiger partial charge in [-0.25, -0.2) is 4.21 Å². The van der Waals surface area contributed by atoms with E-state index in [9.17, 15) is 4.21 Å². The minimum atomic E-state index is -2.29. The van der Waals surface area contributed by atoms with E-state index in [2.05, 4.69) is 18.7 Å². The number of hydrogen-bond acceptors (Lipinski definition) is 4. The van der Waals surface area contributed by atoms with E-state index in [1.54, 1.807) is 0 Å². The molecule has 0 aromatic carbocycles. The average molecular weight is 246 g/mol. The van der Waals surface area contributed by atoms with E-state index >= 15 is 0 Å². The maximum atomic E-state index is 11.6. The van der Waals surface area contributed by atoms with Gasteiger partial charge in [0.05, 0.1) is 12.2 Å². The molecule has 2 heterocycles. The smallest absolute Gasteiger partial charge is 0.0827 e. The highest BCUT2D eigenvalue weighted by Gasteiger charge is 2.41. The summed E-state index contributed by atoms with van der Waals surface area (Å²) in [5, 5.41) is 0. The van der Waals surface area contributed by atoms with Crippen LogP contribution in [0.25, 0.3) is 0 Å². The van der Waals surface area contributed by atoms with Gasteiger partial charge in [0.25, 0.3) is 0 Å². The molecule has 5 heteroatoms. The minimum Gasteiger partial charge on any atom is -0.372 e. The summed E-state index contributed by atoms with van der Waals surface area (Å²) in [4.78, 5) is 2.43. The molecule has 0 bridgehead atoms. The first kappa shape index (κ1) is 12.3. The molecule has 0 radical (unpaired) electrons. The molecule has 2 saturated heterocycles. The molecule has 0 saturated carbocycles. The zero-order chi connectivity index (χ0) is 11.8. The number of nitrogens with one attached hydrogen (secondary N) is 1. The van der Waals surface area contributed by atoms with Crippen molar-refractivity contribution in [1.82, 2.24) is 4.90 Å². The van der Waals surface area contributed by atoms with Crippen LogP contribution < -0.4 is 0 Å². The SMILES string of the molecule is CC(C)N1CCOC2(CCS(=N)(=O)CC2)C1. The van der Waals surface area contributed by atoms with Crippen LogP contribution in [0.2, 0.25) is 0 Å². The summed E-state index contributed by atoms with van der Waals surface area (Å²) < 4.78 is 25.2. The molecule has 16 heavy (non-hydrogen) atoms. The summed E-state index contributed by atoms with van der Waals surface area (Å²) in [6, 6.07) is 0.544. The van der Waals surface area contributed by atoms with E-state index in [0.717, 1.165) is 32.5 Å². The van der Waals surface area contributed by atoms with Crippen LogP contribution in [0.15, 0.2) is 0 Å². The molecule has 0 amide bonds. The van der Waals surface area contributed by atoms with Gasteiger partial charge in [0.2, 0.25) is 0 Å². The van der Waals surface area contributed by atoms with Crippen molar-refractivity contribution in [3.63, 3.8) is 0 Å². The lowest BCUT2D eigenvalue weighted by atomic mass is 9.94. The summed E-state index contributed by atoms with van der Waals surface area (Å²) in [6.45, 7) is 7.12. The van der Waals surface area contributed by atoms with E-state index < -0.39 is 9.73 Å². The molecule has 0 atom stereocenters. The second kappa shape index (κ2) is 4.27. The number of morpholine rings is 1. The van der Waals surface area contributed by atoms with Crippen LogP contribution in [0.4, 0.5) is 0 Å². The summed E-state index contributed by atoms with van der Waals surface area (Å²) in [6.07, 6.45) is 1.58. The van der Waals surface area contributed by atoms with E-state index in [1.807, 2.05) is 0 Å². The molecular formula is C11H22N2O2S. The van der Waals surface area contributed by atoms with Gasteiger partial charge in [0.15, 0.2) is 0 Å². The molecule has 0 aromatic heterocycles. The topological polar surface area (TPSA) is 53.4 Å². The van der Waals surface area contributed by atoms with E-state index in [-0.39, 0.29) is 5.60 Å². The van der Waals surface area contributed by atoms with Gasteiger partial charge in [-0.1, -0.05) is 0 Å². The van der Waals surface area contributed by atoms with E-state index in [4.69, 9.17) is 9.52 Å². The van der Waals surface area contributed by atoms with Gasteiger partial charge in [-0.15, -0.1) is 0 Å². The summed E-state index contributed by atoms with van der Waals surface area (Å²) in [5.74, 6) is 1.03. The van der Waals surface area contributed by atoms with Crippen molar-refractivity contribution < 1.29 is 8.95 Å². The largest absolute Gasteiger partial charge is 0.372 e. The molecule has 1 N–H and O–H groups in total. The van der Waals surface area contributed by atoms with Gasteiger partial charge < -0.3 is 4.74 Å². The van der Waals surface area contributed by atoms with Crippen LogP contribution in [0.5, 0.6) is 0 Å². The third kappa shape index (κ3) is 2.57. The van der Waals surface area contributed by atoms with Crippen LogP contribution in [0.1, 0.15) is 26.7 Å². The molecule has 0 aromatic rings. The van der Waals surface area contributed by atoms with Crippen molar-refractivity contribution in [3.8, 4) is 0 Å². The quantitative estimate of drug-likeness (QED) is 0.759. The fourth-order valence-corrected chi connectivity index (χ4v) is 4.15. The number of rotatable bonds is 1. The van der Waals surface area contributed by atoms with Crippen LogP contribution >= 0.6 is 0 Å². The molecule has 1 spiro atoms. The molecule has 2 aliphatic heterocycles.